The summed E-state index contributed by atoms with van der Waals surface area (Å²) in [5.41, 5.74) is 4.68. The Kier molecular flexibility index (Phi) is 4.54. The predicted molar refractivity (Wildman–Crippen MR) is 59.5 cm³/mol. The van der Waals surface area contributed by atoms with Gasteiger partial charge in [-0.25, -0.2) is 0 Å². The Bertz CT molecular complexity index is 215. The molecule has 0 aromatic heterocycles. The Morgan fingerprint density at radius 3 is 2.60 bits per heavy atom. The number of carbonyl (C=O) groups is 1. The van der Waals surface area contributed by atoms with Crippen LogP contribution in [0.4, 0.5) is 0 Å². The summed E-state index contributed by atoms with van der Waals surface area (Å²) in [6, 6.07) is 0. The summed E-state index contributed by atoms with van der Waals surface area (Å²) in [6.07, 6.45) is 5.89. The minimum atomic E-state index is -0.640. The van der Waals surface area contributed by atoms with E-state index in [2.05, 4.69) is 5.32 Å². The van der Waals surface area contributed by atoms with E-state index < -0.39 is 5.54 Å². The second kappa shape index (κ2) is 5.47. The third kappa shape index (κ3) is 3.47. The van der Waals surface area contributed by atoms with E-state index in [1.54, 1.807) is 7.05 Å². The maximum Gasteiger partial charge on any atom is 0.237 e. The number of nitrogens with one attached hydrogen (secondary N) is 1. The lowest BCUT2D eigenvalue weighted by molar-refractivity contribution is -0.124. The summed E-state index contributed by atoms with van der Waals surface area (Å²) in [5, 5.41) is 2.95. The highest BCUT2D eigenvalue weighted by molar-refractivity contribution is 5.84. The zero-order valence-electron chi connectivity index (χ0n) is 9.71. The molecule has 1 aliphatic rings. The lowest BCUT2D eigenvalue weighted by Crippen LogP contribution is -2.52. The lowest BCUT2D eigenvalue weighted by atomic mass is 9.98. The average molecular weight is 214 g/mol. The number of amides is 1. The first-order chi connectivity index (χ1) is 7.08. The van der Waals surface area contributed by atoms with E-state index in [9.17, 15) is 4.79 Å². The molecule has 1 saturated carbocycles. The molecule has 4 heteroatoms. The van der Waals surface area contributed by atoms with Crippen LogP contribution < -0.4 is 11.1 Å². The van der Waals surface area contributed by atoms with Crippen LogP contribution in [-0.4, -0.2) is 31.2 Å². The van der Waals surface area contributed by atoms with Crippen LogP contribution in [0, 0.1) is 0 Å². The van der Waals surface area contributed by atoms with E-state index in [4.69, 9.17) is 10.5 Å². The van der Waals surface area contributed by atoms with Gasteiger partial charge in [0, 0.05) is 6.61 Å². The molecule has 1 fully saturated rings. The van der Waals surface area contributed by atoms with Crippen molar-refractivity contribution in [3.8, 4) is 0 Å². The number of nitrogens with two attached hydrogens (primary N) is 1. The van der Waals surface area contributed by atoms with Crippen LogP contribution in [0.15, 0.2) is 0 Å². The van der Waals surface area contributed by atoms with E-state index in [1.165, 1.54) is 12.8 Å². The molecule has 0 bridgehead atoms. The van der Waals surface area contributed by atoms with Gasteiger partial charge in [-0.3, -0.25) is 4.79 Å². The first-order valence-electron chi connectivity index (χ1n) is 5.69. The fourth-order valence-corrected chi connectivity index (χ4v) is 1.86. The van der Waals surface area contributed by atoms with Crippen LogP contribution in [0.5, 0.6) is 0 Å². The van der Waals surface area contributed by atoms with Crippen LogP contribution >= 0.6 is 0 Å². The van der Waals surface area contributed by atoms with Gasteiger partial charge in [-0.2, -0.15) is 0 Å². The molecule has 0 aromatic carbocycles. The molecule has 1 atom stereocenters. The summed E-state index contributed by atoms with van der Waals surface area (Å²) in [7, 11) is 1.75. The molecule has 1 aliphatic carbocycles. The molecule has 0 spiro atoms. The molecule has 1 rings (SSSR count). The van der Waals surface area contributed by atoms with E-state index in [0.29, 0.717) is 19.1 Å². The molecule has 15 heavy (non-hydrogen) atoms. The SMILES string of the molecule is CNC(C)(CCOC1CCCC1)C(N)=O. The number of hydrogen-bond acceptors (Lipinski definition) is 3. The molecule has 0 aromatic rings. The predicted octanol–water partition coefficient (Wildman–Crippen LogP) is 0.799. The third-order valence-corrected chi connectivity index (χ3v) is 3.35. The molecule has 3 N–H and O–H groups in total. The summed E-state index contributed by atoms with van der Waals surface area (Å²) >= 11 is 0. The van der Waals surface area contributed by atoms with Crippen LogP contribution in [-0.2, 0) is 9.53 Å². The number of ether oxygens (including phenoxy) is 1. The van der Waals surface area contributed by atoms with Gasteiger partial charge in [-0.05, 0) is 33.2 Å². The van der Waals surface area contributed by atoms with Gasteiger partial charge in [0.25, 0.3) is 0 Å². The van der Waals surface area contributed by atoms with E-state index in [-0.39, 0.29) is 5.91 Å². The monoisotopic (exact) mass is 214 g/mol. The van der Waals surface area contributed by atoms with Crippen LogP contribution in [0.1, 0.15) is 39.0 Å². The van der Waals surface area contributed by atoms with Crippen molar-refractivity contribution >= 4 is 5.91 Å². The van der Waals surface area contributed by atoms with Crippen molar-refractivity contribution in [3.63, 3.8) is 0 Å². The fourth-order valence-electron chi connectivity index (χ4n) is 1.86. The fraction of sp³-hybridized carbons (Fsp3) is 0.909. The van der Waals surface area contributed by atoms with E-state index in [1.807, 2.05) is 6.92 Å². The smallest absolute Gasteiger partial charge is 0.237 e. The van der Waals surface area contributed by atoms with Crippen molar-refractivity contribution in [3.05, 3.63) is 0 Å². The second-order valence-corrected chi connectivity index (χ2v) is 4.47. The van der Waals surface area contributed by atoms with Crippen LogP contribution in [0.3, 0.4) is 0 Å². The topological polar surface area (TPSA) is 64.3 Å². The zero-order valence-corrected chi connectivity index (χ0v) is 9.71. The Morgan fingerprint density at radius 2 is 2.13 bits per heavy atom. The highest BCUT2D eigenvalue weighted by Crippen LogP contribution is 2.21. The zero-order chi connectivity index (χ0) is 11.3. The number of primary amides is 1. The van der Waals surface area contributed by atoms with Crippen molar-refractivity contribution in [2.75, 3.05) is 13.7 Å². The molecule has 4 nitrogen and oxygen atoms in total. The van der Waals surface area contributed by atoms with Crippen molar-refractivity contribution in [1.82, 2.24) is 5.32 Å². The Morgan fingerprint density at radius 1 is 1.53 bits per heavy atom. The van der Waals surface area contributed by atoms with Crippen molar-refractivity contribution in [2.24, 2.45) is 5.73 Å². The summed E-state index contributed by atoms with van der Waals surface area (Å²) in [4.78, 5) is 11.2. The van der Waals surface area contributed by atoms with Gasteiger partial charge in [0.05, 0.1) is 11.6 Å². The maximum absolute atomic E-state index is 11.2. The maximum atomic E-state index is 11.2. The van der Waals surface area contributed by atoms with Gasteiger partial charge in [0.15, 0.2) is 0 Å². The van der Waals surface area contributed by atoms with Gasteiger partial charge >= 0.3 is 0 Å². The van der Waals surface area contributed by atoms with E-state index >= 15 is 0 Å². The largest absolute Gasteiger partial charge is 0.378 e. The van der Waals surface area contributed by atoms with Crippen molar-refractivity contribution in [1.29, 1.82) is 0 Å². The molecule has 0 saturated heterocycles. The number of hydrogen-bond donors (Lipinski definition) is 2. The highest BCUT2D eigenvalue weighted by Gasteiger charge is 2.29. The van der Waals surface area contributed by atoms with E-state index in [0.717, 1.165) is 12.8 Å². The van der Waals surface area contributed by atoms with Crippen LogP contribution in [0.2, 0.25) is 0 Å². The summed E-state index contributed by atoms with van der Waals surface area (Å²) in [5.74, 6) is -0.319. The Hall–Kier alpha value is -0.610. The third-order valence-electron chi connectivity index (χ3n) is 3.35. The quantitative estimate of drug-likeness (QED) is 0.687. The first-order valence-corrected chi connectivity index (χ1v) is 5.69. The molecule has 1 unspecified atom stereocenters. The van der Waals surface area contributed by atoms with Gasteiger partial charge in [-0.15, -0.1) is 0 Å². The molecule has 0 heterocycles. The second-order valence-electron chi connectivity index (χ2n) is 4.47. The number of rotatable bonds is 6. The molecule has 88 valence electrons. The summed E-state index contributed by atoms with van der Waals surface area (Å²) < 4.78 is 5.70. The number of carbonyl (C=O) groups excluding carboxylic acids is 1. The molecule has 0 radical (unpaired) electrons. The van der Waals surface area contributed by atoms with Gasteiger partial charge in [-0.1, -0.05) is 12.8 Å². The Labute approximate surface area is 91.5 Å². The van der Waals surface area contributed by atoms with Crippen molar-refractivity contribution in [2.45, 2.75) is 50.7 Å². The standard InChI is InChI=1S/C11H22N2O2/c1-11(13-2,10(12)14)7-8-15-9-5-3-4-6-9/h9,13H,3-8H2,1-2H3,(H2,12,14). The normalized spacial score (nSPS) is 21.5. The first kappa shape index (κ1) is 12.5. The van der Waals surface area contributed by atoms with Gasteiger partial charge < -0.3 is 15.8 Å². The van der Waals surface area contributed by atoms with Gasteiger partial charge in [0.2, 0.25) is 5.91 Å². The minimum absolute atomic E-state index is 0.319. The Balaban J connectivity index is 2.25. The average Bonchev–Trinajstić information content (AvgIpc) is 2.70. The van der Waals surface area contributed by atoms with Crippen LogP contribution in [0.25, 0.3) is 0 Å². The van der Waals surface area contributed by atoms with Gasteiger partial charge in [0.1, 0.15) is 0 Å². The highest BCUT2D eigenvalue weighted by atomic mass is 16.5. The molecule has 0 aliphatic heterocycles. The molecule has 1 amide bonds. The number of likely N-dealkylation sites (N-methyl/N-ethyl adjacent to an activating group) is 1. The lowest BCUT2D eigenvalue weighted by Gasteiger charge is -2.25. The van der Waals surface area contributed by atoms with Crippen molar-refractivity contribution < 1.29 is 9.53 Å². The molecular weight excluding hydrogens is 192 g/mol. The molecular formula is C11H22N2O2. The minimum Gasteiger partial charge on any atom is -0.378 e. The summed E-state index contributed by atoms with van der Waals surface area (Å²) in [6.45, 7) is 2.41.